The van der Waals surface area contributed by atoms with Crippen LogP contribution >= 0.6 is 11.8 Å². The maximum absolute atomic E-state index is 12.1. The summed E-state index contributed by atoms with van der Waals surface area (Å²) >= 11 is 1.60. The Labute approximate surface area is 218 Å². The molecule has 0 aromatic heterocycles. The predicted molar refractivity (Wildman–Crippen MR) is 150 cm³/mol. The number of amides is 1. The van der Waals surface area contributed by atoms with Gasteiger partial charge in [0.05, 0.1) is 0 Å². The number of aryl methyl sites for hydroxylation is 1. The number of likely N-dealkylation sites (tertiary alicyclic amines) is 1. The number of anilines is 1. The van der Waals surface area contributed by atoms with Crippen LogP contribution in [0.5, 0.6) is 0 Å². The summed E-state index contributed by atoms with van der Waals surface area (Å²) in [5.74, 6) is 0.519. The smallest absolute Gasteiger partial charge is 0.226 e. The number of thioether (sulfide) groups is 1. The van der Waals surface area contributed by atoms with E-state index >= 15 is 0 Å². The van der Waals surface area contributed by atoms with Crippen molar-refractivity contribution in [2.45, 2.75) is 50.8 Å². The van der Waals surface area contributed by atoms with Crippen molar-refractivity contribution in [2.75, 3.05) is 25.0 Å². The quantitative estimate of drug-likeness (QED) is 0.382. The van der Waals surface area contributed by atoms with E-state index in [2.05, 4.69) is 70.9 Å². The van der Waals surface area contributed by atoms with E-state index in [1.165, 1.54) is 16.7 Å². The van der Waals surface area contributed by atoms with Crippen molar-refractivity contribution >= 4 is 23.4 Å². The minimum Gasteiger partial charge on any atom is -0.326 e. The molecular weight excluding hydrogens is 466 g/mol. The Hall–Kier alpha value is -2.96. The summed E-state index contributed by atoms with van der Waals surface area (Å²) in [6.45, 7) is 8.81. The maximum Gasteiger partial charge on any atom is 0.226 e. The van der Waals surface area contributed by atoms with Gasteiger partial charge >= 0.3 is 0 Å². The Balaban J connectivity index is 1.32. The van der Waals surface area contributed by atoms with E-state index in [4.69, 9.17) is 0 Å². The lowest BCUT2D eigenvalue weighted by atomic mass is 9.89. The molecule has 1 heterocycles. The van der Waals surface area contributed by atoms with E-state index in [9.17, 15) is 9.70 Å². The Morgan fingerprint density at radius 1 is 1.11 bits per heavy atom. The molecule has 0 bridgehead atoms. The van der Waals surface area contributed by atoms with Crippen LogP contribution in [0.2, 0.25) is 0 Å². The molecule has 1 fully saturated rings. The number of hydrogen-bond donors (Lipinski definition) is 1. The molecule has 1 aliphatic carbocycles. The second-order valence-corrected chi connectivity index (χ2v) is 11.1. The predicted octanol–water partition coefficient (Wildman–Crippen LogP) is 7.43. The third-order valence-electron chi connectivity index (χ3n) is 6.79. The molecule has 1 amide bonds. The van der Waals surface area contributed by atoms with Gasteiger partial charge in [-0.1, -0.05) is 67.6 Å². The van der Waals surface area contributed by atoms with Crippen molar-refractivity contribution in [3.63, 3.8) is 0 Å². The van der Waals surface area contributed by atoms with Crippen LogP contribution in [0.1, 0.15) is 50.2 Å². The first-order valence-corrected chi connectivity index (χ1v) is 13.5. The monoisotopic (exact) mass is 501 g/mol. The van der Waals surface area contributed by atoms with Gasteiger partial charge in [0.15, 0.2) is 0 Å². The number of hydrogen-bond acceptors (Lipinski definition) is 5. The van der Waals surface area contributed by atoms with Crippen LogP contribution in [0.4, 0.5) is 5.69 Å². The molecule has 1 N–H and O–H groups in total. The van der Waals surface area contributed by atoms with Gasteiger partial charge in [0, 0.05) is 34.4 Å². The third-order valence-corrected chi connectivity index (χ3v) is 7.89. The van der Waals surface area contributed by atoms with Crippen LogP contribution in [0.15, 0.2) is 93.0 Å². The fourth-order valence-electron chi connectivity index (χ4n) is 4.54. The third kappa shape index (κ3) is 7.05. The zero-order valence-electron chi connectivity index (χ0n) is 21.4. The molecule has 0 radical (unpaired) electrons. The normalized spacial score (nSPS) is 17.2. The number of piperidine rings is 1. The first-order chi connectivity index (χ1) is 17.4. The number of carbonyl (C=O) groups excluding carboxylic acids is 1. The van der Waals surface area contributed by atoms with Gasteiger partial charge in [0.25, 0.3) is 0 Å². The highest BCUT2D eigenvalue weighted by molar-refractivity contribution is 8.03. The highest BCUT2D eigenvalue weighted by Crippen LogP contribution is 2.34. The molecule has 4 rings (SSSR count). The molecule has 0 unspecified atom stereocenters. The number of nitrogens with zero attached hydrogens (tertiary/aromatic N) is 2. The molecule has 36 heavy (non-hydrogen) atoms. The van der Waals surface area contributed by atoms with Crippen molar-refractivity contribution in [2.24, 2.45) is 11.1 Å². The van der Waals surface area contributed by atoms with E-state index in [-0.39, 0.29) is 11.8 Å². The van der Waals surface area contributed by atoms with Crippen LogP contribution < -0.4 is 5.32 Å². The van der Waals surface area contributed by atoms with Gasteiger partial charge < -0.3 is 5.32 Å². The zero-order chi connectivity index (χ0) is 25.5. The van der Waals surface area contributed by atoms with E-state index < -0.39 is 0 Å². The molecule has 0 saturated carbocycles. The number of nitroso groups, excluding NO2 is 1. The number of allylic oxidation sites excluding steroid dienone is 2. The zero-order valence-corrected chi connectivity index (χ0v) is 22.2. The number of nitrogens with one attached hydrogen (secondary N) is 1. The lowest BCUT2D eigenvalue weighted by molar-refractivity contribution is -0.118. The fraction of sp³-hybridized carbons (Fsp3) is 0.367. The molecule has 0 atom stereocenters. The van der Waals surface area contributed by atoms with Gasteiger partial charge in [-0.3, -0.25) is 9.69 Å². The van der Waals surface area contributed by atoms with Crippen molar-refractivity contribution in [1.29, 1.82) is 0 Å². The minimum atomic E-state index is -0.0323. The second-order valence-electron chi connectivity index (χ2n) is 9.95. The highest BCUT2D eigenvalue weighted by Gasteiger charge is 2.22. The van der Waals surface area contributed by atoms with Crippen LogP contribution in [-0.4, -0.2) is 30.4 Å². The number of rotatable bonds is 8. The molecule has 188 valence electrons. The SMILES string of the molecule is Cc1ccc(SC2=C(N=O)CC=C(CN3CCC(c4cccc(NC(=O)C(C)C)c4)CC3)C=C2)cc1. The Kier molecular flexibility index (Phi) is 8.94. The first-order valence-electron chi connectivity index (χ1n) is 12.7. The molecule has 1 saturated heterocycles. The van der Waals surface area contributed by atoms with Gasteiger partial charge in [-0.15, -0.1) is 4.91 Å². The summed E-state index contributed by atoms with van der Waals surface area (Å²) < 4.78 is 0. The van der Waals surface area contributed by atoms with E-state index in [1.807, 2.05) is 32.1 Å². The van der Waals surface area contributed by atoms with Crippen molar-refractivity contribution < 1.29 is 4.79 Å². The van der Waals surface area contributed by atoms with Gasteiger partial charge in [-0.2, -0.15) is 0 Å². The summed E-state index contributed by atoms with van der Waals surface area (Å²) in [5, 5.41) is 6.35. The van der Waals surface area contributed by atoms with Gasteiger partial charge in [-0.25, -0.2) is 0 Å². The number of benzene rings is 2. The first kappa shape index (κ1) is 26.1. The Bertz CT molecular complexity index is 1170. The largest absolute Gasteiger partial charge is 0.326 e. The van der Waals surface area contributed by atoms with E-state index in [0.29, 0.717) is 18.0 Å². The fourth-order valence-corrected chi connectivity index (χ4v) is 5.44. The van der Waals surface area contributed by atoms with Crippen molar-refractivity contribution in [3.05, 3.63) is 99.0 Å². The lowest BCUT2D eigenvalue weighted by Crippen LogP contribution is -2.34. The molecule has 1 aliphatic heterocycles. The molecule has 6 heteroatoms. The van der Waals surface area contributed by atoms with E-state index in [0.717, 1.165) is 48.0 Å². The van der Waals surface area contributed by atoms with Crippen molar-refractivity contribution in [3.8, 4) is 0 Å². The standard InChI is InChI=1S/C30H35N3O2S/c1-21(2)30(34)31-26-6-4-5-25(19-26)24-15-17-33(18-16-24)20-23-9-13-28(32-35)29(14-10-23)36-27-11-7-22(3)8-12-27/h4-12,14,19,21,24H,13,15-18,20H2,1-3H3,(H,31,34). The Morgan fingerprint density at radius 2 is 1.86 bits per heavy atom. The van der Waals surface area contributed by atoms with Crippen LogP contribution in [0.25, 0.3) is 0 Å². The molecule has 0 spiro atoms. The van der Waals surface area contributed by atoms with Crippen LogP contribution in [0.3, 0.4) is 0 Å². The summed E-state index contributed by atoms with van der Waals surface area (Å²) in [5.41, 5.74) is 5.22. The van der Waals surface area contributed by atoms with Gasteiger partial charge in [0.1, 0.15) is 5.70 Å². The molecule has 5 nitrogen and oxygen atoms in total. The van der Waals surface area contributed by atoms with Crippen LogP contribution in [0, 0.1) is 17.7 Å². The molecule has 2 aromatic carbocycles. The molecule has 2 aliphatic rings. The lowest BCUT2D eigenvalue weighted by Gasteiger charge is -2.32. The Morgan fingerprint density at radius 3 is 2.56 bits per heavy atom. The maximum atomic E-state index is 12.1. The van der Waals surface area contributed by atoms with E-state index in [1.54, 1.807) is 11.8 Å². The average Bonchev–Trinajstić information content (AvgIpc) is 3.07. The minimum absolute atomic E-state index is 0.0323. The number of carbonyl (C=O) groups is 1. The molecular formula is C30H35N3O2S. The topological polar surface area (TPSA) is 61.8 Å². The van der Waals surface area contributed by atoms with Crippen LogP contribution in [-0.2, 0) is 4.79 Å². The van der Waals surface area contributed by atoms with Crippen molar-refractivity contribution in [1.82, 2.24) is 4.90 Å². The summed E-state index contributed by atoms with van der Waals surface area (Å²) in [6.07, 6.45) is 9.07. The second kappa shape index (κ2) is 12.3. The summed E-state index contributed by atoms with van der Waals surface area (Å²) in [7, 11) is 0. The summed E-state index contributed by atoms with van der Waals surface area (Å²) in [4.78, 5) is 28.1. The van der Waals surface area contributed by atoms with Gasteiger partial charge in [0.2, 0.25) is 5.91 Å². The molecule has 2 aromatic rings. The van der Waals surface area contributed by atoms with Gasteiger partial charge in [-0.05, 0) is 85.4 Å². The summed E-state index contributed by atoms with van der Waals surface area (Å²) in [6, 6.07) is 16.6. The highest BCUT2D eigenvalue weighted by atomic mass is 32.2. The average molecular weight is 502 g/mol.